The zero-order chi connectivity index (χ0) is 10.1. The van der Waals surface area contributed by atoms with Gasteiger partial charge in [0, 0.05) is 22.6 Å². The molecule has 0 aromatic carbocycles. The molecular weight excluding hydrogens is 202 g/mol. The van der Waals surface area contributed by atoms with Gasteiger partial charge in [-0.15, -0.1) is 0 Å². The Morgan fingerprint density at radius 3 is 2.07 bits per heavy atom. The highest BCUT2D eigenvalue weighted by atomic mass is 32.2. The third-order valence-electron chi connectivity index (χ3n) is 4.37. The summed E-state index contributed by atoms with van der Waals surface area (Å²) >= 11 is 2.35. The molecule has 2 saturated heterocycles. The number of rotatable bonds is 2. The molecular formula is C13H23NS. The van der Waals surface area contributed by atoms with Crippen LogP contribution in [-0.4, -0.2) is 22.6 Å². The minimum absolute atomic E-state index is 0.879. The zero-order valence-electron chi connectivity index (χ0n) is 9.58. The van der Waals surface area contributed by atoms with Crippen LogP contribution in [0.2, 0.25) is 0 Å². The molecule has 0 amide bonds. The van der Waals surface area contributed by atoms with Crippen molar-refractivity contribution in [2.45, 2.75) is 80.4 Å². The Kier molecular flexibility index (Phi) is 3.25. The number of piperidine rings is 1. The maximum absolute atomic E-state index is 3.74. The Morgan fingerprint density at radius 2 is 1.40 bits per heavy atom. The Balaban J connectivity index is 1.50. The lowest BCUT2D eigenvalue weighted by molar-refractivity contribution is 0.412. The fourth-order valence-electron chi connectivity index (χ4n) is 3.59. The maximum atomic E-state index is 3.74. The number of fused-ring (bicyclic) bond motifs is 2. The molecule has 86 valence electrons. The normalized spacial score (nSPS) is 42.0. The summed E-state index contributed by atoms with van der Waals surface area (Å²) in [5.74, 6) is 0. The summed E-state index contributed by atoms with van der Waals surface area (Å²) in [7, 11) is 0. The van der Waals surface area contributed by atoms with Gasteiger partial charge in [-0.1, -0.05) is 19.3 Å². The van der Waals surface area contributed by atoms with Gasteiger partial charge in [-0.3, -0.25) is 0 Å². The van der Waals surface area contributed by atoms with E-state index in [0.717, 1.165) is 22.6 Å². The van der Waals surface area contributed by atoms with Gasteiger partial charge in [0.25, 0.3) is 0 Å². The molecule has 1 unspecified atom stereocenters. The predicted molar refractivity (Wildman–Crippen MR) is 67.4 cm³/mol. The molecule has 3 atom stereocenters. The standard InChI is InChI=1S/C13H23NS/c1-2-4-12(5-3-1)15-13-8-10-6-7-11(9-13)14-10/h10-14H,1-9H2/t10-,11+,13?. The molecule has 3 aliphatic rings. The fourth-order valence-corrected chi connectivity index (χ4v) is 5.43. The van der Waals surface area contributed by atoms with E-state index in [1.165, 1.54) is 57.8 Å². The summed E-state index contributed by atoms with van der Waals surface area (Å²) < 4.78 is 0. The van der Waals surface area contributed by atoms with Gasteiger partial charge in [0.15, 0.2) is 0 Å². The van der Waals surface area contributed by atoms with Crippen LogP contribution in [0.15, 0.2) is 0 Å². The molecule has 2 heteroatoms. The number of nitrogens with one attached hydrogen (secondary N) is 1. The van der Waals surface area contributed by atoms with Gasteiger partial charge < -0.3 is 5.32 Å². The molecule has 2 bridgehead atoms. The molecule has 2 aliphatic heterocycles. The van der Waals surface area contributed by atoms with Crippen molar-refractivity contribution in [2.75, 3.05) is 0 Å². The minimum Gasteiger partial charge on any atom is -0.311 e. The average Bonchev–Trinajstić information content (AvgIpc) is 2.60. The molecule has 0 spiro atoms. The molecule has 1 N–H and O–H groups in total. The summed E-state index contributed by atoms with van der Waals surface area (Å²) in [6, 6.07) is 1.76. The van der Waals surface area contributed by atoms with E-state index < -0.39 is 0 Å². The second-order valence-electron chi connectivity index (χ2n) is 5.63. The molecule has 1 saturated carbocycles. The Hall–Kier alpha value is 0.310. The van der Waals surface area contributed by atoms with E-state index in [4.69, 9.17) is 0 Å². The molecule has 15 heavy (non-hydrogen) atoms. The number of hydrogen-bond donors (Lipinski definition) is 1. The first kappa shape index (κ1) is 10.5. The van der Waals surface area contributed by atoms with E-state index >= 15 is 0 Å². The fraction of sp³-hybridized carbons (Fsp3) is 1.00. The van der Waals surface area contributed by atoms with Crippen molar-refractivity contribution in [2.24, 2.45) is 0 Å². The summed E-state index contributed by atoms with van der Waals surface area (Å²) in [6.07, 6.45) is 13.3. The van der Waals surface area contributed by atoms with Gasteiger partial charge in [-0.25, -0.2) is 0 Å². The second kappa shape index (κ2) is 4.67. The van der Waals surface area contributed by atoms with Crippen LogP contribution < -0.4 is 5.32 Å². The van der Waals surface area contributed by atoms with Gasteiger partial charge in [0.1, 0.15) is 0 Å². The van der Waals surface area contributed by atoms with Crippen molar-refractivity contribution < 1.29 is 0 Å². The molecule has 1 aliphatic carbocycles. The van der Waals surface area contributed by atoms with Crippen molar-refractivity contribution >= 4 is 11.8 Å². The molecule has 1 nitrogen and oxygen atoms in total. The van der Waals surface area contributed by atoms with Crippen LogP contribution >= 0.6 is 11.8 Å². The molecule has 0 radical (unpaired) electrons. The Bertz CT molecular complexity index is 201. The van der Waals surface area contributed by atoms with Crippen molar-refractivity contribution in [1.82, 2.24) is 5.32 Å². The lowest BCUT2D eigenvalue weighted by atomic mass is 10.0. The van der Waals surface area contributed by atoms with Crippen LogP contribution in [0.25, 0.3) is 0 Å². The predicted octanol–water partition coefficient (Wildman–Crippen LogP) is 3.34. The van der Waals surface area contributed by atoms with Gasteiger partial charge in [-0.05, 0) is 38.5 Å². The summed E-state index contributed by atoms with van der Waals surface area (Å²) in [4.78, 5) is 0. The lowest BCUT2D eigenvalue weighted by Gasteiger charge is -2.32. The van der Waals surface area contributed by atoms with Crippen LogP contribution in [0.1, 0.15) is 57.8 Å². The topological polar surface area (TPSA) is 12.0 Å². The smallest absolute Gasteiger partial charge is 0.00807 e. The van der Waals surface area contributed by atoms with Crippen molar-refractivity contribution in [3.63, 3.8) is 0 Å². The zero-order valence-corrected chi connectivity index (χ0v) is 10.4. The average molecular weight is 225 g/mol. The van der Waals surface area contributed by atoms with E-state index in [2.05, 4.69) is 17.1 Å². The van der Waals surface area contributed by atoms with E-state index in [1.54, 1.807) is 0 Å². The quantitative estimate of drug-likeness (QED) is 0.773. The van der Waals surface area contributed by atoms with Crippen molar-refractivity contribution in [3.05, 3.63) is 0 Å². The Morgan fingerprint density at radius 1 is 0.733 bits per heavy atom. The molecule has 3 rings (SSSR count). The highest BCUT2D eigenvalue weighted by molar-refractivity contribution is 8.00. The van der Waals surface area contributed by atoms with E-state index in [-0.39, 0.29) is 0 Å². The second-order valence-corrected chi connectivity index (χ2v) is 7.23. The van der Waals surface area contributed by atoms with E-state index in [0.29, 0.717) is 0 Å². The lowest BCUT2D eigenvalue weighted by Crippen LogP contribution is -2.39. The molecule has 3 fully saturated rings. The molecule has 2 heterocycles. The van der Waals surface area contributed by atoms with E-state index in [1.807, 2.05) is 0 Å². The first-order chi connectivity index (χ1) is 7.40. The van der Waals surface area contributed by atoms with Gasteiger partial charge in [0.2, 0.25) is 0 Å². The third-order valence-corrected chi connectivity index (χ3v) is 5.99. The maximum Gasteiger partial charge on any atom is 0.00807 e. The number of hydrogen-bond acceptors (Lipinski definition) is 2. The summed E-state index contributed by atoms with van der Waals surface area (Å²) in [6.45, 7) is 0. The first-order valence-corrected chi connectivity index (χ1v) is 7.76. The van der Waals surface area contributed by atoms with Crippen LogP contribution in [0.3, 0.4) is 0 Å². The largest absolute Gasteiger partial charge is 0.311 e. The van der Waals surface area contributed by atoms with Crippen molar-refractivity contribution in [3.8, 4) is 0 Å². The summed E-state index contributed by atoms with van der Waals surface area (Å²) in [5.41, 5.74) is 0. The van der Waals surface area contributed by atoms with E-state index in [9.17, 15) is 0 Å². The Labute approximate surface area is 97.8 Å². The molecule has 0 aromatic rings. The number of thioether (sulfide) groups is 1. The first-order valence-electron chi connectivity index (χ1n) is 6.81. The highest BCUT2D eigenvalue weighted by Gasteiger charge is 2.34. The highest BCUT2D eigenvalue weighted by Crippen LogP contribution is 2.39. The molecule has 0 aromatic heterocycles. The van der Waals surface area contributed by atoms with Gasteiger partial charge >= 0.3 is 0 Å². The van der Waals surface area contributed by atoms with Crippen LogP contribution in [0.4, 0.5) is 0 Å². The van der Waals surface area contributed by atoms with Crippen LogP contribution in [0.5, 0.6) is 0 Å². The van der Waals surface area contributed by atoms with Crippen LogP contribution in [0, 0.1) is 0 Å². The van der Waals surface area contributed by atoms with Crippen molar-refractivity contribution in [1.29, 1.82) is 0 Å². The van der Waals surface area contributed by atoms with Crippen LogP contribution in [-0.2, 0) is 0 Å². The SMILES string of the molecule is C1CCC(SC2C[C@H]3CC[C@@H](C2)N3)CC1. The third kappa shape index (κ3) is 2.52. The summed E-state index contributed by atoms with van der Waals surface area (Å²) in [5, 5.41) is 5.75. The van der Waals surface area contributed by atoms with Gasteiger partial charge in [0.05, 0.1) is 0 Å². The minimum atomic E-state index is 0.879. The monoisotopic (exact) mass is 225 g/mol. The van der Waals surface area contributed by atoms with Gasteiger partial charge in [-0.2, -0.15) is 11.8 Å².